The van der Waals surface area contributed by atoms with Gasteiger partial charge < -0.3 is 4.74 Å². The fraction of sp³-hybridized carbons (Fsp3) is 0.625. The predicted molar refractivity (Wildman–Crippen MR) is 84.8 cm³/mol. The van der Waals surface area contributed by atoms with Gasteiger partial charge in [0.2, 0.25) is 10.0 Å². The average molecular weight is 329 g/mol. The molecule has 1 fully saturated rings. The molecular weight excluding hydrogens is 305 g/mol. The Morgan fingerprint density at radius 1 is 1.18 bits per heavy atom. The molecular formula is C16H24FNO3S. The van der Waals surface area contributed by atoms with Gasteiger partial charge in [0.1, 0.15) is 11.6 Å². The third kappa shape index (κ3) is 4.95. The Labute approximate surface area is 132 Å². The Kier molecular flexibility index (Phi) is 5.81. The van der Waals surface area contributed by atoms with E-state index in [0.29, 0.717) is 43.7 Å². The summed E-state index contributed by atoms with van der Waals surface area (Å²) >= 11 is 0. The third-order valence-electron chi connectivity index (χ3n) is 3.86. The molecule has 0 amide bonds. The zero-order valence-electron chi connectivity index (χ0n) is 13.2. The second kappa shape index (κ2) is 7.42. The minimum Gasteiger partial charge on any atom is -0.494 e. The second-order valence-corrected chi connectivity index (χ2v) is 8.32. The Morgan fingerprint density at radius 3 is 2.36 bits per heavy atom. The Balaban J connectivity index is 1.78. The van der Waals surface area contributed by atoms with Crippen molar-refractivity contribution in [2.24, 2.45) is 11.8 Å². The number of hydrogen-bond donors (Lipinski definition) is 0. The Hall–Kier alpha value is -1.14. The Bertz CT molecular complexity index is 564. The van der Waals surface area contributed by atoms with Crippen LogP contribution < -0.4 is 4.74 Å². The van der Waals surface area contributed by atoms with E-state index in [2.05, 4.69) is 13.8 Å². The van der Waals surface area contributed by atoms with Gasteiger partial charge in [-0.2, -0.15) is 0 Å². The highest BCUT2D eigenvalue weighted by molar-refractivity contribution is 7.89. The van der Waals surface area contributed by atoms with Crippen LogP contribution >= 0.6 is 0 Å². The fourth-order valence-electron chi connectivity index (χ4n) is 2.92. The van der Waals surface area contributed by atoms with Crippen LogP contribution in [0.15, 0.2) is 24.3 Å². The van der Waals surface area contributed by atoms with Gasteiger partial charge in [0.15, 0.2) is 0 Å². The van der Waals surface area contributed by atoms with Crippen molar-refractivity contribution < 1.29 is 17.5 Å². The molecule has 1 aliphatic rings. The lowest BCUT2D eigenvalue weighted by Gasteiger charge is -2.34. The summed E-state index contributed by atoms with van der Waals surface area (Å²) in [6.45, 7) is 5.73. The molecule has 4 nitrogen and oxygen atoms in total. The van der Waals surface area contributed by atoms with Gasteiger partial charge in [-0.05, 0) is 48.9 Å². The molecule has 1 aromatic carbocycles. The van der Waals surface area contributed by atoms with Crippen molar-refractivity contribution in [2.45, 2.75) is 26.7 Å². The van der Waals surface area contributed by atoms with Crippen molar-refractivity contribution in [2.75, 3.05) is 25.4 Å². The normalized spacial score (nSPS) is 23.4. The molecule has 22 heavy (non-hydrogen) atoms. The van der Waals surface area contributed by atoms with Crippen LogP contribution in [0, 0.1) is 17.7 Å². The first-order valence-corrected chi connectivity index (χ1v) is 9.34. The number of sulfonamides is 1. The summed E-state index contributed by atoms with van der Waals surface area (Å²) in [5.41, 5.74) is 0. The molecule has 2 atom stereocenters. The van der Waals surface area contributed by atoms with Crippen LogP contribution in [0.1, 0.15) is 26.7 Å². The van der Waals surface area contributed by atoms with Crippen LogP contribution in [0.5, 0.6) is 5.75 Å². The highest BCUT2D eigenvalue weighted by Gasteiger charge is 2.29. The largest absolute Gasteiger partial charge is 0.494 e. The summed E-state index contributed by atoms with van der Waals surface area (Å²) in [7, 11) is -3.22. The lowest BCUT2D eigenvalue weighted by molar-refractivity contribution is 0.222. The molecule has 2 unspecified atom stereocenters. The van der Waals surface area contributed by atoms with Crippen LogP contribution in [-0.2, 0) is 10.0 Å². The summed E-state index contributed by atoms with van der Waals surface area (Å²) in [6.07, 6.45) is 1.51. The predicted octanol–water partition coefficient (Wildman–Crippen LogP) is 2.90. The van der Waals surface area contributed by atoms with Crippen LogP contribution in [0.3, 0.4) is 0 Å². The van der Waals surface area contributed by atoms with Crippen molar-refractivity contribution in [3.63, 3.8) is 0 Å². The number of ether oxygens (including phenoxy) is 1. The smallest absolute Gasteiger partial charge is 0.214 e. The molecule has 1 heterocycles. The van der Waals surface area contributed by atoms with Crippen molar-refractivity contribution in [1.29, 1.82) is 0 Å². The van der Waals surface area contributed by atoms with Gasteiger partial charge in [-0.3, -0.25) is 0 Å². The van der Waals surface area contributed by atoms with Crippen LogP contribution in [0.2, 0.25) is 0 Å². The van der Waals surface area contributed by atoms with Crippen LogP contribution in [-0.4, -0.2) is 38.2 Å². The number of halogens is 1. The summed E-state index contributed by atoms with van der Waals surface area (Å²) in [5.74, 6) is 1.15. The molecule has 0 spiro atoms. The molecule has 1 saturated heterocycles. The minimum atomic E-state index is -3.22. The standard InChI is InChI=1S/C16H24FNO3S/c1-13-10-14(2)12-18(11-13)22(19,20)9-3-8-21-16-6-4-15(17)5-7-16/h4-7,13-14H,3,8-12H2,1-2H3. The van der Waals surface area contributed by atoms with E-state index in [0.717, 1.165) is 6.42 Å². The summed E-state index contributed by atoms with van der Waals surface area (Å²) in [5, 5.41) is 0. The first-order chi connectivity index (χ1) is 10.4. The maximum atomic E-state index is 12.8. The summed E-state index contributed by atoms with van der Waals surface area (Å²) in [4.78, 5) is 0. The van der Waals surface area contributed by atoms with Gasteiger partial charge in [-0.25, -0.2) is 17.1 Å². The molecule has 0 saturated carbocycles. The van der Waals surface area contributed by atoms with E-state index in [-0.39, 0.29) is 11.6 Å². The van der Waals surface area contributed by atoms with E-state index in [1.165, 1.54) is 24.3 Å². The molecule has 0 radical (unpaired) electrons. The van der Waals surface area contributed by atoms with E-state index in [4.69, 9.17) is 4.74 Å². The minimum absolute atomic E-state index is 0.0909. The van der Waals surface area contributed by atoms with Gasteiger partial charge in [0.05, 0.1) is 12.4 Å². The summed E-state index contributed by atoms with van der Waals surface area (Å²) < 4.78 is 44.5. The van der Waals surface area contributed by atoms with Gasteiger partial charge >= 0.3 is 0 Å². The molecule has 2 rings (SSSR count). The molecule has 0 N–H and O–H groups in total. The zero-order chi connectivity index (χ0) is 16.2. The van der Waals surface area contributed by atoms with Crippen LogP contribution in [0.25, 0.3) is 0 Å². The molecule has 0 bridgehead atoms. The summed E-state index contributed by atoms with van der Waals surface area (Å²) in [6, 6.07) is 5.72. The maximum absolute atomic E-state index is 12.8. The Morgan fingerprint density at radius 2 is 1.77 bits per heavy atom. The van der Waals surface area contributed by atoms with Crippen LogP contribution in [0.4, 0.5) is 4.39 Å². The fourth-order valence-corrected chi connectivity index (χ4v) is 4.63. The second-order valence-electron chi connectivity index (χ2n) is 6.23. The van der Waals surface area contributed by atoms with Crippen molar-refractivity contribution >= 4 is 10.0 Å². The first kappa shape index (κ1) is 17.2. The number of piperidine rings is 1. The quantitative estimate of drug-likeness (QED) is 0.754. The molecule has 124 valence electrons. The van der Waals surface area contributed by atoms with Crippen molar-refractivity contribution in [1.82, 2.24) is 4.31 Å². The number of nitrogens with zero attached hydrogens (tertiary/aromatic N) is 1. The maximum Gasteiger partial charge on any atom is 0.214 e. The molecule has 6 heteroatoms. The van der Waals surface area contributed by atoms with E-state index in [1.54, 1.807) is 4.31 Å². The highest BCUT2D eigenvalue weighted by Crippen LogP contribution is 2.23. The van der Waals surface area contributed by atoms with E-state index < -0.39 is 10.0 Å². The first-order valence-electron chi connectivity index (χ1n) is 7.73. The highest BCUT2D eigenvalue weighted by atomic mass is 32.2. The van der Waals surface area contributed by atoms with E-state index >= 15 is 0 Å². The molecule has 1 aromatic rings. The molecule has 0 aliphatic carbocycles. The number of rotatable bonds is 6. The molecule has 1 aliphatic heterocycles. The van der Waals surface area contributed by atoms with Crippen molar-refractivity contribution in [3.05, 3.63) is 30.1 Å². The number of benzene rings is 1. The van der Waals surface area contributed by atoms with E-state index in [9.17, 15) is 12.8 Å². The average Bonchev–Trinajstić information content (AvgIpc) is 2.44. The van der Waals surface area contributed by atoms with Gasteiger partial charge in [0.25, 0.3) is 0 Å². The van der Waals surface area contributed by atoms with Gasteiger partial charge in [-0.1, -0.05) is 13.8 Å². The SMILES string of the molecule is CC1CC(C)CN(S(=O)(=O)CCCOc2ccc(F)cc2)C1. The molecule has 0 aromatic heterocycles. The third-order valence-corrected chi connectivity index (χ3v) is 5.75. The van der Waals surface area contributed by atoms with Gasteiger partial charge in [0, 0.05) is 13.1 Å². The van der Waals surface area contributed by atoms with E-state index in [1.807, 2.05) is 0 Å². The van der Waals surface area contributed by atoms with Gasteiger partial charge in [-0.15, -0.1) is 0 Å². The topological polar surface area (TPSA) is 46.6 Å². The lowest BCUT2D eigenvalue weighted by Crippen LogP contribution is -2.43. The van der Waals surface area contributed by atoms with Crippen molar-refractivity contribution in [3.8, 4) is 5.75 Å². The zero-order valence-corrected chi connectivity index (χ0v) is 14.0. The number of hydrogen-bond acceptors (Lipinski definition) is 3. The monoisotopic (exact) mass is 329 g/mol. The lowest BCUT2D eigenvalue weighted by atomic mass is 9.94.